The number of pyridine rings is 1. The van der Waals surface area contributed by atoms with Crippen molar-refractivity contribution in [2.24, 2.45) is 5.92 Å². The van der Waals surface area contributed by atoms with Crippen LogP contribution in [0.2, 0.25) is 0 Å². The quantitative estimate of drug-likeness (QED) is 0.665. The third-order valence-electron chi connectivity index (χ3n) is 2.86. The van der Waals surface area contributed by atoms with Crippen molar-refractivity contribution in [3.63, 3.8) is 0 Å². The van der Waals surface area contributed by atoms with Crippen molar-refractivity contribution in [1.29, 1.82) is 0 Å². The molecule has 0 saturated heterocycles. The molecule has 0 aliphatic carbocycles. The zero-order valence-corrected chi connectivity index (χ0v) is 9.37. The van der Waals surface area contributed by atoms with Crippen LogP contribution in [0.4, 0.5) is 0 Å². The van der Waals surface area contributed by atoms with Crippen LogP contribution in [-0.4, -0.2) is 4.98 Å². The molecule has 78 valence electrons. The zero-order chi connectivity index (χ0) is 10.2. The Hall–Kier alpha value is -0.850. The summed E-state index contributed by atoms with van der Waals surface area (Å²) in [6.45, 7) is 4.57. The van der Waals surface area contributed by atoms with Gasteiger partial charge in [-0.3, -0.25) is 4.98 Å². The Morgan fingerprint density at radius 1 is 1.14 bits per heavy atom. The highest BCUT2D eigenvalue weighted by Crippen LogP contribution is 2.17. The first-order chi connectivity index (χ1) is 6.86. The van der Waals surface area contributed by atoms with Crippen LogP contribution in [0.15, 0.2) is 24.5 Å². The van der Waals surface area contributed by atoms with Crippen LogP contribution in [0.25, 0.3) is 0 Å². The van der Waals surface area contributed by atoms with Gasteiger partial charge in [-0.05, 0) is 36.5 Å². The fourth-order valence-corrected chi connectivity index (χ4v) is 1.88. The van der Waals surface area contributed by atoms with Crippen molar-refractivity contribution < 1.29 is 0 Å². The number of rotatable bonds is 6. The van der Waals surface area contributed by atoms with Gasteiger partial charge in [0.2, 0.25) is 0 Å². The summed E-state index contributed by atoms with van der Waals surface area (Å²) in [5, 5.41) is 0. The molecule has 0 aromatic carbocycles. The monoisotopic (exact) mass is 191 g/mol. The minimum absolute atomic E-state index is 0.910. The lowest BCUT2D eigenvalue weighted by Crippen LogP contribution is -2.00. The number of aromatic nitrogens is 1. The highest BCUT2D eigenvalue weighted by atomic mass is 14.6. The molecule has 1 heteroatoms. The van der Waals surface area contributed by atoms with Crippen molar-refractivity contribution in [2.45, 2.75) is 46.0 Å². The first-order valence-corrected chi connectivity index (χ1v) is 5.75. The molecule has 14 heavy (non-hydrogen) atoms. The molecule has 0 aliphatic rings. The van der Waals surface area contributed by atoms with E-state index in [0.717, 1.165) is 5.92 Å². The first kappa shape index (κ1) is 11.2. The first-order valence-electron chi connectivity index (χ1n) is 5.75. The molecule has 1 heterocycles. The summed E-state index contributed by atoms with van der Waals surface area (Å²) in [5.41, 5.74) is 1.43. The number of nitrogens with zero attached hydrogens (tertiary/aromatic N) is 1. The average Bonchev–Trinajstić information content (AvgIpc) is 2.25. The van der Waals surface area contributed by atoms with Crippen molar-refractivity contribution in [3.8, 4) is 0 Å². The highest BCUT2D eigenvalue weighted by Gasteiger charge is 2.04. The maximum absolute atomic E-state index is 4.03. The van der Waals surface area contributed by atoms with E-state index in [0.29, 0.717) is 0 Å². The molecule has 1 rings (SSSR count). The van der Waals surface area contributed by atoms with E-state index in [2.05, 4.69) is 31.0 Å². The fraction of sp³-hybridized carbons (Fsp3) is 0.615. The predicted octanol–water partition coefficient (Wildman–Crippen LogP) is 3.84. The van der Waals surface area contributed by atoms with Gasteiger partial charge in [0.25, 0.3) is 0 Å². The molecule has 0 spiro atoms. The van der Waals surface area contributed by atoms with Gasteiger partial charge in [0, 0.05) is 12.4 Å². The number of hydrogen-bond donors (Lipinski definition) is 0. The smallest absolute Gasteiger partial charge is 0.0270 e. The molecule has 0 N–H and O–H groups in total. The summed E-state index contributed by atoms with van der Waals surface area (Å²) in [6, 6.07) is 4.25. The summed E-state index contributed by atoms with van der Waals surface area (Å²) in [5.74, 6) is 0.910. The zero-order valence-electron chi connectivity index (χ0n) is 9.37. The van der Waals surface area contributed by atoms with Gasteiger partial charge in [0.05, 0.1) is 0 Å². The van der Waals surface area contributed by atoms with Crippen molar-refractivity contribution in [2.75, 3.05) is 0 Å². The molecule has 1 aromatic heterocycles. The van der Waals surface area contributed by atoms with E-state index in [1.165, 1.54) is 37.7 Å². The SMILES string of the molecule is CCCC(CC)CCc1ccncc1. The third-order valence-corrected chi connectivity index (χ3v) is 2.86. The predicted molar refractivity (Wildman–Crippen MR) is 61.2 cm³/mol. The number of hydrogen-bond acceptors (Lipinski definition) is 1. The van der Waals surface area contributed by atoms with Gasteiger partial charge in [-0.2, -0.15) is 0 Å². The molecule has 1 nitrogen and oxygen atoms in total. The Morgan fingerprint density at radius 3 is 2.43 bits per heavy atom. The van der Waals surface area contributed by atoms with Gasteiger partial charge in [-0.1, -0.05) is 33.1 Å². The second kappa shape index (κ2) is 6.58. The topological polar surface area (TPSA) is 12.9 Å². The summed E-state index contributed by atoms with van der Waals surface area (Å²) < 4.78 is 0. The fourth-order valence-electron chi connectivity index (χ4n) is 1.88. The van der Waals surface area contributed by atoms with Crippen LogP contribution in [0.5, 0.6) is 0 Å². The lowest BCUT2D eigenvalue weighted by molar-refractivity contribution is 0.432. The minimum atomic E-state index is 0.910. The minimum Gasteiger partial charge on any atom is -0.265 e. The highest BCUT2D eigenvalue weighted by molar-refractivity contribution is 5.09. The van der Waals surface area contributed by atoms with E-state index in [-0.39, 0.29) is 0 Å². The molecular formula is C13H21N. The van der Waals surface area contributed by atoms with Crippen LogP contribution in [0.3, 0.4) is 0 Å². The molecule has 1 atom stereocenters. The Morgan fingerprint density at radius 2 is 1.86 bits per heavy atom. The van der Waals surface area contributed by atoms with E-state index in [9.17, 15) is 0 Å². The Kier molecular flexibility index (Phi) is 5.28. The van der Waals surface area contributed by atoms with Crippen LogP contribution < -0.4 is 0 Å². The molecule has 1 unspecified atom stereocenters. The summed E-state index contributed by atoms with van der Waals surface area (Å²) >= 11 is 0. The van der Waals surface area contributed by atoms with Crippen molar-refractivity contribution in [1.82, 2.24) is 4.98 Å². The van der Waals surface area contributed by atoms with Gasteiger partial charge in [0.15, 0.2) is 0 Å². The molecule has 0 saturated carbocycles. The molecule has 0 fully saturated rings. The van der Waals surface area contributed by atoms with E-state index < -0.39 is 0 Å². The number of aryl methyl sites for hydroxylation is 1. The molecule has 0 aliphatic heterocycles. The second-order valence-corrected chi connectivity index (χ2v) is 3.96. The van der Waals surface area contributed by atoms with E-state index >= 15 is 0 Å². The van der Waals surface area contributed by atoms with Crippen LogP contribution in [0.1, 0.15) is 45.1 Å². The lowest BCUT2D eigenvalue weighted by Gasteiger charge is -2.12. The van der Waals surface area contributed by atoms with Crippen molar-refractivity contribution >= 4 is 0 Å². The molecule has 1 aromatic rings. The van der Waals surface area contributed by atoms with Crippen LogP contribution >= 0.6 is 0 Å². The molecule has 0 amide bonds. The largest absolute Gasteiger partial charge is 0.265 e. The Labute approximate surface area is 87.6 Å². The Bertz CT molecular complexity index is 230. The second-order valence-electron chi connectivity index (χ2n) is 3.96. The Balaban J connectivity index is 2.32. The van der Waals surface area contributed by atoms with E-state index in [4.69, 9.17) is 0 Å². The standard InChI is InChI=1S/C13H21N/c1-3-5-12(4-2)6-7-13-8-10-14-11-9-13/h8-12H,3-7H2,1-2H3. The maximum Gasteiger partial charge on any atom is 0.0270 e. The van der Waals surface area contributed by atoms with Crippen LogP contribution in [0, 0.1) is 5.92 Å². The maximum atomic E-state index is 4.03. The van der Waals surface area contributed by atoms with E-state index in [1.807, 2.05) is 12.4 Å². The molecule has 0 radical (unpaired) electrons. The average molecular weight is 191 g/mol. The normalized spacial score (nSPS) is 12.7. The van der Waals surface area contributed by atoms with Gasteiger partial charge in [-0.15, -0.1) is 0 Å². The van der Waals surface area contributed by atoms with E-state index in [1.54, 1.807) is 0 Å². The van der Waals surface area contributed by atoms with Gasteiger partial charge < -0.3 is 0 Å². The van der Waals surface area contributed by atoms with Gasteiger partial charge in [-0.25, -0.2) is 0 Å². The summed E-state index contributed by atoms with van der Waals surface area (Å²) in [6.07, 6.45) is 10.3. The van der Waals surface area contributed by atoms with Gasteiger partial charge in [0.1, 0.15) is 0 Å². The summed E-state index contributed by atoms with van der Waals surface area (Å²) in [7, 11) is 0. The molecule has 0 bridgehead atoms. The molecular weight excluding hydrogens is 170 g/mol. The third kappa shape index (κ3) is 3.91. The summed E-state index contributed by atoms with van der Waals surface area (Å²) in [4.78, 5) is 4.03. The van der Waals surface area contributed by atoms with Crippen LogP contribution in [-0.2, 0) is 6.42 Å². The van der Waals surface area contributed by atoms with Crippen molar-refractivity contribution in [3.05, 3.63) is 30.1 Å². The lowest BCUT2D eigenvalue weighted by atomic mass is 9.93. The van der Waals surface area contributed by atoms with Gasteiger partial charge >= 0.3 is 0 Å².